The Balaban J connectivity index is 2.07. The molecular weight excluding hydrogens is 190 g/mol. The van der Waals surface area contributed by atoms with Crippen LogP contribution in [-0.2, 0) is 0 Å². The number of hydrogen-bond acceptors (Lipinski definition) is 2. The van der Waals surface area contributed by atoms with Crippen molar-refractivity contribution in [2.45, 2.75) is 57.5 Å². The summed E-state index contributed by atoms with van der Waals surface area (Å²) >= 11 is 0. The van der Waals surface area contributed by atoms with Gasteiger partial charge in [0.15, 0.2) is 0 Å². The van der Waals surface area contributed by atoms with E-state index in [1.165, 1.54) is 12.8 Å². The van der Waals surface area contributed by atoms with Crippen LogP contribution in [0.25, 0.3) is 0 Å². The van der Waals surface area contributed by atoms with Crippen LogP contribution in [0.15, 0.2) is 0 Å². The maximum Gasteiger partial charge on any atom is 0.315 e. The Hall–Kier alpha value is -0.770. The lowest BCUT2D eigenvalue weighted by Gasteiger charge is -2.15. The average Bonchev–Trinajstić information content (AvgIpc) is 2.68. The summed E-state index contributed by atoms with van der Waals surface area (Å²) in [7, 11) is 0. The Kier molecular flexibility index (Phi) is 5.47. The first-order valence-electron chi connectivity index (χ1n) is 6.02. The van der Waals surface area contributed by atoms with Crippen molar-refractivity contribution in [3.05, 3.63) is 0 Å². The zero-order valence-electron chi connectivity index (χ0n) is 9.59. The fourth-order valence-corrected chi connectivity index (χ4v) is 2.00. The van der Waals surface area contributed by atoms with Gasteiger partial charge in [0, 0.05) is 18.6 Å². The van der Waals surface area contributed by atoms with Crippen molar-refractivity contribution in [3.8, 4) is 0 Å². The molecule has 0 aromatic carbocycles. The number of carbonyl (C=O) groups excluding carboxylic acids is 1. The van der Waals surface area contributed by atoms with Crippen molar-refractivity contribution < 1.29 is 4.79 Å². The third-order valence-electron chi connectivity index (χ3n) is 2.87. The molecule has 88 valence electrons. The highest BCUT2D eigenvalue weighted by molar-refractivity contribution is 5.74. The van der Waals surface area contributed by atoms with E-state index >= 15 is 0 Å². The quantitative estimate of drug-likeness (QED) is 0.645. The van der Waals surface area contributed by atoms with Crippen LogP contribution >= 0.6 is 0 Å². The molecule has 0 saturated heterocycles. The standard InChI is InChI=1S/C11H23N3O/c1-2-5-9(12)8-13-11(15)14-10-6-3-4-7-10/h9-10H,2-8,12H2,1H3,(H2,13,14,15). The molecule has 15 heavy (non-hydrogen) atoms. The Morgan fingerprint density at radius 2 is 2.13 bits per heavy atom. The summed E-state index contributed by atoms with van der Waals surface area (Å²) in [5.41, 5.74) is 5.80. The highest BCUT2D eigenvalue weighted by Crippen LogP contribution is 2.17. The molecule has 1 atom stereocenters. The molecule has 0 heterocycles. The average molecular weight is 213 g/mol. The molecular formula is C11H23N3O. The van der Waals surface area contributed by atoms with E-state index in [-0.39, 0.29) is 12.1 Å². The third kappa shape index (κ3) is 5.02. The van der Waals surface area contributed by atoms with E-state index in [9.17, 15) is 4.79 Å². The van der Waals surface area contributed by atoms with Crippen LogP contribution in [0.5, 0.6) is 0 Å². The monoisotopic (exact) mass is 213 g/mol. The molecule has 0 aromatic heterocycles. The van der Waals surface area contributed by atoms with Gasteiger partial charge in [0.1, 0.15) is 0 Å². The molecule has 1 aliphatic rings. The topological polar surface area (TPSA) is 67.1 Å². The van der Waals surface area contributed by atoms with Crippen molar-refractivity contribution in [3.63, 3.8) is 0 Å². The summed E-state index contributed by atoms with van der Waals surface area (Å²) in [5.74, 6) is 0. The Morgan fingerprint density at radius 1 is 1.47 bits per heavy atom. The lowest BCUT2D eigenvalue weighted by Crippen LogP contribution is -2.45. The van der Waals surface area contributed by atoms with E-state index in [4.69, 9.17) is 5.73 Å². The molecule has 0 spiro atoms. The fraction of sp³-hybridized carbons (Fsp3) is 0.909. The zero-order valence-corrected chi connectivity index (χ0v) is 9.59. The Morgan fingerprint density at radius 3 is 2.73 bits per heavy atom. The van der Waals surface area contributed by atoms with Crippen LogP contribution in [0.3, 0.4) is 0 Å². The number of rotatable bonds is 5. The number of urea groups is 1. The molecule has 1 unspecified atom stereocenters. The predicted octanol–water partition coefficient (Wildman–Crippen LogP) is 1.36. The van der Waals surface area contributed by atoms with Gasteiger partial charge in [-0.3, -0.25) is 0 Å². The Labute approximate surface area is 92.0 Å². The highest BCUT2D eigenvalue weighted by atomic mass is 16.2. The van der Waals surface area contributed by atoms with Crippen molar-refractivity contribution in [1.82, 2.24) is 10.6 Å². The first-order chi connectivity index (χ1) is 7.22. The van der Waals surface area contributed by atoms with Gasteiger partial charge in [-0.2, -0.15) is 0 Å². The summed E-state index contributed by atoms with van der Waals surface area (Å²) < 4.78 is 0. The fourth-order valence-electron chi connectivity index (χ4n) is 2.00. The maximum atomic E-state index is 11.4. The van der Waals surface area contributed by atoms with Gasteiger partial charge in [0.05, 0.1) is 0 Å². The number of carbonyl (C=O) groups is 1. The van der Waals surface area contributed by atoms with E-state index in [0.717, 1.165) is 25.7 Å². The van der Waals surface area contributed by atoms with Crippen LogP contribution in [0, 0.1) is 0 Å². The largest absolute Gasteiger partial charge is 0.337 e. The second kappa shape index (κ2) is 6.67. The second-order valence-corrected chi connectivity index (χ2v) is 4.38. The van der Waals surface area contributed by atoms with Crippen LogP contribution in [0.4, 0.5) is 4.79 Å². The van der Waals surface area contributed by atoms with E-state index in [1.54, 1.807) is 0 Å². The molecule has 4 heteroatoms. The Bertz CT molecular complexity index is 190. The minimum atomic E-state index is -0.0616. The van der Waals surface area contributed by atoms with Gasteiger partial charge in [0.2, 0.25) is 0 Å². The van der Waals surface area contributed by atoms with Gasteiger partial charge in [-0.1, -0.05) is 26.2 Å². The van der Waals surface area contributed by atoms with Crippen molar-refractivity contribution in [2.24, 2.45) is 5.73 Å². The predicted molar refractivity (Wildman–Crippen MR) is 61.7 cm³/mol. The molecule has 0 radical (unpaired) electrons. The molecule has 1 saturated carbocycles. The first-order valence-corrected chi connectivity index (χ1v) is 6.02. The van der Waals surface area contributed by atoms with Crippen LogP contribution in [-0.4, -0.2) is 24.7 Å². The van der Waals surface area contributed by atoms with E-state index in [2.05, 4.69) is 17.6 Å². The second-order valence-electron chi connectivity index (χ2n) is 4.38. The van der Waals surface area contributed by atoms with Gasteiger partial charge < -0.3 is 16.4 Å². The molecule has 1 fully saturated rings. The molecule has 2 amide bonds. The third-order valence-corrected chi connectivity index (χ3v) is 2.87. The van der Waals surface area contributed by atoms with Crippen molar-refractivity contribution in [1.29, 1.82) is 0 Å². The van der Waals surface area contributed by atoms with E-state index in [1.807, 2.05) is 0 Å². The van der Waals surface area contributed by atoms with Crippen LogP contribution in [0.2, 0.25) is 0 Å². The normalized spacial score (nSPS) is 18.8. The molecule has 0 bridgehead atoms. The number of nitrogens with one attached hydrogen (secondary N) is 2. The van der Waals surface area contributed by atoms with E-state index < -0.39 is 0 Å². The minimum absolute atomic E-state index is 0.0616. The molecule has 4 N–H and O–H groups in total. The van der Waals surface area contributed by atoms with Crippen LogP contribution < -0.4 is 16.4 Å². The number of hydrogen-bond donors (Lipinski definition) is 3. The van der Waals surface area contributed by atoms with Gasteiger partial charge in [0.25, 0.3) is 0 Å². The van der Waals surface area contributed by atoms with Gasteiger partial charge in [-0.05, 0) is 19.3 Å². The highest BCUT2D eigenvalue weighted by Gasteiger charge is 2.16. The lowest BCUT2D eigenvalue weighted by atomic mass is 10.2. The van der Waals surface area contributed by atoms with Gasteiger partial charge >= 0.3 is 6.03 Å². The first kappa shape index (κ1) is 12.3. The number of nitrogens with two attached hydrogens (primary N) is 1. The molecule has 1 aliphatic carbocycles. The number of amides is 2. The zero-order chi connectivity index (χ0) is 11.1. The van der Waals surface area contributed by atoms with Crippen molar-refractivity contribution >= 4 is 6.03 Å². The summed E-state index contributed by atoms with van der Waals surface area (Å²) in [4.78, 5) is 11.4. The SMILES string of the molecule is CCCC(N)CNC(=O)NC1CCCC1. The molecule has 1 rings (SSSR count). The smallest absolute Gasteiger partial charge is 0.315 e. The summed E-state index contributed by atoms with van der Waals surface area (Å²) in [6.45, 7) is 2.67. The van der Waals surface area contributed by atoms with Gasteiger partial charge in [-0.25, -0.2) is 4.79 Å². The summed E-state index contributed by atoms with van der Waals surface area (Å²) in [6.07, 6.45) is 6.74. The van der Waals surface area contributed by atoms with Crippen molar-refractivity contribution in [2.75, 3.05) is 6.54 Å². The lowest BCUT2D eigenvalue weighted by molar-refractivity contribution is 0.236. The van der Waals surface area contributed by atoms with Gasteiger partial charge in [-0.15, -0.1) is 0 Å². The molecule has 4 nitrogen and oxygen atoms in total. The maximum absolute atomic E-state index is 11.4. The summed E-state index contributed by atoms with van der Waals surface area (Å²) in [6, 6.07) is 0.408. The minimum Gasteiger partial charge on any atom is -0.337 e. The molecule has 0 aromatic rings. The van der Waals surface area contributed by atoms with E-state index in [0.29, 0.717) is 12.6 Å². The van der Waals surface area contributed by atoms with Crippen LogP contribution in [0.1, 0.15) is 45.4 Å². The molecule has 0 aliphatic heterocycles. The summed E-state index contributed by atoms with van der Waals surface area (Å²) in [5, 5.41) is 5.79.